The van der Waals surface area contributed by atoms with Crippen LogP contribution >= 0.6 is 0 Å². The Morgan fingerprint density at radius 1 is 1.13 bits per heavy atom. The number of ether oxygens (including phenoxy) is 1. The number of nitro groups is 1. The Bertz CT molecular complexity index is 839. The van der Waals surface area contributed by atoms with Gasteiger partial charge in [0.15, 0.2) is 0 Å². The van der Waals surface area contributed by atoms with Crippen LogP contribution < -0.4 is 4.90 Å². The average Bonchev–Trinajstić information content (AvgIpc) is 3.17. The predicted molar refractivity (Wildman–Crippen MR) is 115 cm³/mol. The van der Waals surface area contributed by atoms with Crippen molar-refractivity contribution >= 4 is 23.3 Å². The van der Waals surface area contributed by atoms with Crippen molar-refractivity contribution in [1.29, 1.82) is 0 Å². The summed E-state index contributed by atoms with van der Waals surface area (Å²) in [4.78, 5) is 42.3. The summed E-state index contributed by atoms with van der Waals surface area (Å²) in [6.07, 6.45) is 5.23. The fraction of sp³-hybridized carbons (Fsp3) is 0.636. The first-order chi connectivity index (χ1) is 15.0. The molecule has 3 unspecified atom stereocenters. The molecule has 0 aromatic heterocycles. The molecule has 1 aliphatic carbocycles. The molecule has 3 fully saturated rings. The summed E-state index contributed by atoms with van der Waals surface area (Å²) < 4.78 is 5.02. The molecule has 31 heavy (non-hydrogen) atoms. The van der Waals surface area contributed by atoms with Crippen molar-refractivity contribution in [3.8, 4) is 0 Å². The van der Waals surface area contributed by atoms with E-state index in [1.54, 1.807) is 18.2 Å². The molecule has 2 aliphatic heterocycles. The lowest BCUT2D eigenvalue weighted by molar-refractivity contribution is -0.384. The van der Waals surface area contributed by atoms with E-state index >= 15 is 0 Å². The van der Waals surface area contributed by atoms with E-state index < -0.39 is 0 Å². The third kappa shape index (κ3) is 4.37. The highest BCUT2D eigenvalue weighted by molar-refractivity contribution is 5.81. The van der Waals surface area contributed by atoms with Gasteiger partial charge in [0.05, 0.1) is 18.6 Å². The van der Waals surface area contributed by atoms with Gasteiger partial charge < -0.3 is 14.5 Å². The number of anilines is 1. The molecule has 2 saturated heterocycles. The van der Waals surface area contributed by atoms with Gasteiger partial charge in [-0.05, 0) is 31.2 Å². The first-order valence-corrected chi connectivity index (χ1v) is 11.1. The molecule has 4 rings (SSSR count). The fourth-order valence-corrected chi connectivity index (χ4v) is 5.49. The number of rotatable bonds is 5. The van der Waals surface area contributed by atoms with Gasteiger partial charge in [0.25, 0.3) is 5.69 Å². The molecule has 0 radical (unpaired) electrons. The van der Waals surface area contributed by atoms with E-state index in [2.05, 4.69) is 4.90 Å². The third-order valence-electron chi connectivity index (χ3n) is 7.06. The molecule has 9 nitrogen and oxygen atoms in total. The van der Waals surface area contributed by atoms with Gasteiger partial charge in [0.1, 0.15) is 11.7 Å². The first-order valence-electron chi connectivity index (χ1n) is 11.1. The smallest absolute Gasteiger partial charge is 0.323 e. The highest BCUT2D eigenvalue weighted by atomic mass is 16.6. The lowest BCUT2D eigenvalue weighted by Crippen LogP contribution is -2.53. The number of esters is 1. The number of amides is 1. The number of para-hydroxylation sites is 2. The SMILES string of the molecule is COC(=O)C1CC2CCCCC2N1CC(=O)N1CCN(c2ccccc2[N+](=O)[O-])CC1. The van der Waals surface area contributed by atoms with Crippen LogP contribution in [0.15, 0.2) is 24.3 Å². The molecule has 1 aromatic carbocycles. The topological polar surface area (TPSA) is 96.2 Å². The molecule has 1 amide bonds. The Morgan fingerprint density at radius 3 is 2.55 bits per heavy atom. The zero-order chi connectivity index (χ0) is 22.0. The minimum absolute atomic E-state index is 0.0161. The third-order valence-corrected chi connectivity index (χ3v) is 7.06. The molecule has 3 atom stereocenters. The quantitative estimate of drug-likeness (QED) is 0.401. The van der Waals surface area contributed by atoms with Gasteiger partial charge in [0.2, 0.25) is 5.91 Å². The Morgan fingerprint density at radius 2 is 1.84 bits per heavy atom. The number of carbonyl (C=O) groups is 2. The van der Waals surface area contributed by atoms with Crippen molar-refractivity contribution in [2.24, 2.45) is 5.92 Å². The van der Waals surface area contributed by atoms with Crippen LogP contribution in [-0.4, -0.2) is 78.5 Å². The number of fused-ring (bicyclic) bond motifs is 1. The number of benzene rings is 1. The molecule has 2 heterocycles. The van der Waals surface area contributed by atoms with Crippen molar-refractivity contribution in [1.82, 2.24) is 9.80 Å². The second-order valence-corrected chi connectivity index (χ2v) is 8.67. The minimum atomic E-state index is -0.367. The molecule has 0 spiro atoms. The Hall–Kier alpha value is -2.68. The van der Waals surface area contributed by atoms with E-state index in [9.17, 15) is 19.7 Å². The summed E-state index contributed by atoms with van der Waals surface area (Å²) >= 11 is 0. The minimum Gasteiger partial charge on any atom is -0.468 e. The molecular formula is C22H30N4O5. The molecule has 0 N–H and O–H groups in total. The number of carbonyl (C=O) groups excluding carboxylic acids is 2. The molecule has 0 bridgehead atoms. The van der Waals surface area contributed by atoms with Crippen LogP contribution in [0.4, 0.5) is 11.4 Å². The summed E-state index contributed by atoms with van der Waals surface area (Å²) in [6, 6.07) is 6.65. The standard InChI is InChI=1S/C22H30N4O5/c1-31-22(28)20-14-16-6-2-3-7-17(16)25(20)15-21(27)24-12-10-23(11-13-24)18-8-4-5-9-19(18)26(29)30/h4-5,8-9,16-17,20H,2-3,6-7,10-15H2,1H3. The largest absolute Gasteiger partial charge is 0.468 e. The van der Waals surface area contributed by atoms with Crippen LogP contribution in [0, 0.1) is 16.0 Å². The maximum atomic E-state index is 13.1. The van der Waals surface area contributed by atoms with Gasteiger partial charge in [-0.3, -0.25) is 24.6 Å². The number of hydrogen-bond acceptors (Lipinski definition) is 7. The van der Waals surface area contributed by atoms with Crippen LogP contribution in [0.2, 0.25) is 0 Å². The number of hydrogen-bond donors (Lipinski definition) is 0. The Kier molecular flexibility index (Phi) is 6.41. The van der Waals surface area contributed by atoms with Crippen LogP contribution in [0.25, 0.3) is 0 Å². The normalized spacial score (nSPS) is 26.4. The molecule has 1 aromatic rings. The molecule has 168 valence electrons. The second-order valence-electron chi connectivity index (χ2n) is 8.67. The zero-order valence-electron chi connectivity index (χ0n) is 17.9. The monoisotopic (exact) mass is 430 g/mol. The van der Waals surface area contributed by atoms with E-state index in [-0.39, 0.29) is 41.1 Å². The molecule has 9 heteroatoms. The van der Waals surface area contributed by atoms with Gasteiger partial charge in [-0.2, -0.15) is 0 Å². The molecular weight excluding hydrogens is 400 g/mol. The lowest BCUT2D eigenvalue weighted by atomic mass is 9.85. The van der Waals surface area contributed by atoms with E-state index in [1.165, 1.54) is 19.6 Å². The van der Waals surface area contributed by atoms with Crippen molar-refractivity contribution in [2.45, 2.75) is 44.2 Å². The van der Waals surface area contributed by atoms with Crippen molar-refractivity contribution in [2.75, 3.05) is 44.7 Å². The second kappa shape index (κ2) is 9.21. The number of nitrogens with zero attached hydrogens (tertiary/aromatic N) is 4. The van der Waals surface area contributed by atoms with Gasteiger partial charge in [0, 0.05) is 38.3 Å². The van der Waals surface area contributed by atoms with Crippen molar-refractivity contribution in [3.05, 3.63) is 34.4 Å². The highest BCUT2D eigenvalue weighted by Crippen LogP contribution is 2.40. The van der Waals surface area contributed by atoms with Crippen molar-refractivity contribution < 1.29 is 19.2 Å². The maximum absolute atomic E-state index is 13.1. The highest BCUT2D eigenvalue weighted by Gasteiger charge is 2.46. The average molecular weight is 431 g/mol. The Balaban J connectivity index is 1.39. The number of likely N-dealkylation sites (tertiary alicyclic amines) is 1. The van der Waals surface area contributed by atoms with Gasteiger partial charge in [-0.15, -0.1) is 0 Å². The van der Waals surface area contributed by atoms with Crippen molar-refractivity contribution in [3.63, 3.8) is 0 Å². The van der Waals surface area contributed by atoms with E-state index in [0.717, 1.165) is 25.7 Å². The lowest BCUT2D eigenvalue weighted by Gasteiger charge is -2.38. The van der Waals surface area contributed by atoms with E-state index in [1.807, 2.05) is 9.80 Å². The predicted octanol–water partition coefficient (Wildman–Crippen LogP) is 2.05. The summed E-state index contributed by atoms with van der Waals surface area (Å²) in [5, 5.41) is 11.3. The first kappa shape index (κ1) is 21.5. The summed E-state index contributed by atoms with van der Waals surface area (Å²) in [6.45, 7) is 2.34. The number of nitro benzene ring substituents is 1. The fourth-order valence-electron chi connectivity index (χ4n) is 5.49. The van der Waals surface area contributed by atoms with Gasteiger partial charge in [-0.25, -0.2) is 0 Å². The molecule has 1 saturated carbocycles. The molecule has 3 aliphatic rings. The van der Waals surface area contributed by atoms with Crippen LogP contribution in [0.1, 0.15) is 32.1 Å². The van der Waals surface area contributed by atoms with Crippen LogP contribution in [0.3, 0.4) is 0 Å². The Labute approximate surface area is 182 Å². The summed E-state index contributed by atoms with van der Waals surface area (Å²) in [5.41, 5.74) is 0.679. The maximum Gasteiger partial charge on any atom is 0.323 e. The number of piperazine rings is 1. The van der Waals surface area contributed by atoms with E-state index in [4.69, 9.17) is 4.74 Å². The number of methoxy groups -OCH3 is 1. The zero-order valence-corrected chi connectivity index (χ0v) is 17.9. The summed E-state index contributed by atoms with van der Waals surface area (Å²) in [5.74, 6) is 0.229. The van der Waals surface area contributed by atoms with Crippen LogP contribution in [-0.2, 0) is 14.3 Å². The summed E-state index contributed by atoms with van der Waals surface area (Å²) in [7, 11) is 1.41. The van der Waals surface area contributed by atoms with Gasteiger partial charge in [-0.1, -0.05) is 25.0 Å². The van der Waals surface area contributed by atoms with Crippen LogP contribution in [0.5, 0.6) is 0 Å². The van der Waals surface area contributed by atoms with Gasteiger partial charge >= 0.3 is 5.97 Å². The van der Waals surface area contributed by atoms with E-state index in [0.29, 0.717) is 37.8 Å².